The van der Waals surface area contributed by atoms with Gasteiger partial charge in [0.1, 0.15) is 6.17 Å². The second kappa shape index (κ2) is 35.5. The van der Waals surface area contributed by atoms with Gasteiger partial charge in [0.05, 0.1) is 12.0 Å². The summed E-state index contributed by atoms with van der Waals surface area (Å²) in [4.78, 5) is 23.9. The van der Waals surface area contributed by atoms with E-state index >= 15 is 0 Å². The van der Waals surface area contributed by atoms with Crippen molar-refractivity contribution < 1.29 is 23.8 Å². The average Bonchev–Trinajstić information content (AvgIpc) is 3.08. The lowest BCUT2D eigenvalue weighted by atomic mass is 9.75. The van der Waals surface area contributed by atoms with Crippen LogP contribution in [-0.4, -0.2) is 36.5 Å². The minimum absolute atomic E-state index is 0.147. The predicted molar refractivity (Wildman–Crippen MR) is 204 cm³/mol. The van der Waals surface area contributed by atoms with E-state index in [1.807, 2.05) is 13.8 Å². The van der Waals surface area contributed by atoms with Crippen molar-refractivity contribution in [1.29, 1.82) is 0 Å². The number of aliphatic carboxylic acids is 1. The molecule has 286 valence electrons. The fourth-order valence-corrected chi connectivity index (χ4v) is 6.96. The van der Waals surface area contributed by atoms with E-state index in [4.69, 9.17) is 4.74 Å². The molecule has 0 aromatic carbocycles. The molecule has 0 heterocycles. The second-order valence-corrected chi connectivity index (χ2v) is 14.9. The summed E-state index contributed by atoms with van der Waals surface area (Å²) in [5.41, 5.74) is -0.918. The van der Waals surface area contributed by atoms with E-state index in [2.05, 4.69) is 12.2 Å². The van der Waals surface area contributed by atoms with Gasteiger partial charge in [0.2, 0.25) is 0 Å². The van der Waals surface area contributed by atoms with Crippen LogP contribution in [-0.2, 0) is 9.53 Å². The molecule has 0 fully saturated rings. The molecule has 0 bridgehead atoms. The Kier molecular flexibility index (Phi) is 34.5. The fourth-order valence-electron chi connectivity index (χ4n) is 6.96. The SMILES string of the molecule is CCCCCCCCCCCCCCCCCCCCCCOC(=O)NCCCCCCCCCC(CC)(CC(F)CCCC)C(=O)O. The number of ether oxygens (including phenoxy) is 1. The molecule has 2 atom stereocenters. The van der Waals surface area contributed by atoms with Gasteiger partial charge in [0, 0.05) is 6.54 Å². The molecule has 0 saturated carbocycles. The Bertz CT molecular complexity index is 705. The number of amides is 1. The van der Waals surface area contributed by atoms with Crippen LogP contribution in [0.15, 0.2) is 0 Å². The molecule has 0 aliphatic rings. The van der Waals surface area contributed by atoms with Gasteiger partial charge in [-0.3, -0.25) is 4.79 Å². The summed E-state index contributed by atoms with van der Waals surface area (Å²) in [5.74, 6) is -0.837. The van der Waals surface area contributed by atoms with Crippen molar-refractivity contribution in [3.05, 3.63) is 0 Å². The normalized spacial score (nSPS) is 13.3. The zero-order chi connectivity index (χ0) is 35.4. The molecule has 0 aromatic heterocycles. The molecule has 5 nitrogen and oxygen atoms in total. The van der Waals surface area contributed by atoms with E-state index in [1.54, 1.807) is 0 Å². The molecular weight excluding hydrogens is 601 g/mol. The molecular formula is C42H82FNO4. The number of carboxylic acids is 1. The van der Waals surface area contributed by atoms with E-state index in [1.165, 1.54) is 116 Å². The van der Waals surface area contributed by atoms with Gasteiger partial charge < -0.3 is 15.2 Å². The van der Waals surface area contributed by atoms with Gasteiger partial charge in [-0.1, -0.05) is 194 Å². The van der Waals surface area contributed by atoms with Crippen molar-refractivity contribution in [3.63, 3.8) is 0 Å². The van der Waals surface area contributed by atoms with E-state index < -0.39 is 17.6 Å². The summed E-state index contributed by atoms with van der Waals surface area (Å²) in [6.07, 6.45) is 36.5. The minimum Gasteiger partial charge on any atom is -0.481 e. The molecule has 2 unspecified atom stereocenters. The number of alkyl halides is 1. The van der Waals surface area contributed by atoms with Gasteiger partial charge in [-0.2, -0.15) is 0 Å². The summed E-state index contributed by atoms with van der Waals surface area (Å²) < 4.78 is 19.7. The lowest BCUT2D eigenvalue weighted by Crippen LogP contribution is -2.33. The fraction of sp³-hybridized carbons (Fsp3) is 0.952. The number of unbranched alkanes of at least 4 members (excludes halogenated alkanes) is 26. The molecule has 6 heteroatoms. The number of halogens is 1. The molecule has 0 aliphatic carbocycles. The number of hydrogen-bond donors (Lipinski definition) is 2. The van der Waals surface area contributed by atoms with Crippen LogP contribution in [0.2, 0.25) is 0 Å². The van der Waals surface area contributed by atoms with Gasteiger partial charge in [-0.05, 0) is 38.5 Å². The van der Waals surface area contributed by atoms with Crippen molar-refractivity contribution >= 4 is 12.1 Å². The zero-order valence-electron chi connectivity index (χ0n) is 32.4. The van der Waals surface area contributed by atoms with Gasteiger partial charge >= 0.3 is 12.1 Å². The highest BCUT2D eigenvalue weighted by atomic mass is 19.1. The molecule has 48 heavy (non-hydrogen) atoms. The predicted octanol–water partition coefficient (Wildman–Crippen LogP) is 14.1. The number of rotatable bonds is 38. The van der Waals surface area contributed by atoms with Crippen LogP contribution in [0.1, 0.15) is 233 Å². The molecule has 0 aromatic rings. The first-order valence-corrected chi connectivity index (χ1v) is 21.2. The molecule has 1 amide bonds. The van der Waals surface area contributed by atoms with E-state index in [9.17, 15) is 19.1 Å². The third-order valence-electron chi connectivity index (χ3n) is 10.4. The highest BCUT2D eigenvalue weighted by Gasteiger charge is 2.38. The molecule has 2 N–H and O–H groups in total. The van der Waals surface area contributed by atoms with Crippen molar-refractivity contribution in [2.45, 2.75) is 239 Å². The first-order chi connectivity index (χ1) is 23.4. The van der Waals surface area contributed by atoms with Crippen molar-refractivity contribution in [2.24, 2.45) is 5.41 Å². The zero-order valence-corrected chi connectivity index (χ0v) is 32.4. The number of carbonyl (C=O) groups excluding carboxylic acids is 1. The largest absolute Gasteiger partial charge is 0.481 e. The Morgan fingerprint density at radius 2 is 0.979 bits per heavy atom. The Morgan fingerprint density at radius 1 is 0.583 bits per heavy atom. The van der Waals surface area contributed by atoms with Gasteiger partial charge in [-0.25, -0.2) is 9.18 Å². The maximum atomic E-state index is 14.4. The topological polar surface area (TPSA) is 75.6 Å². The van der Waals surface area contributed by atoms with Crippen LogP contribution < -0.4 is 5.32 Å². The standard InChI is InChI=1S/C42H82FNO4/c1-4-7-9-10-11-12-13-14-15-16-17-18-19-20-21-22-23-27-30-33-37-48-41(47)44-36-32-29-26-24-25-28-31-35-42(6-3,40(45)46)38-39(43)34-8-5-2/h39H,4-38H2,1-3H3,(H,44,47)(H,45,46). The third kappa shape index (κ3) is 29.6. The number of carbonyl (C=O) groups is 2. The van der Waals surface area contributed by atoms with E-state index in [0.29, 0.717) is 32.4 Å². The smallest absolute Gasteiger partial charge is 0.407 e. The third-order valence-corrected chi connectivity index (χ3v) is 10.4. The molecule has 0 aliphatic heterocycles. The summed E-state index contributed by atoms with van der Waals surface area (Å²) in [7, 11) is 0. The van der Waals surface area contributed by atoms with Crippen molar-refractivity contribution in [2.75, 3.05) is 13.2 Å². The van der Waals surface area contributed by atoms with Crippen LogP contribution in [0, 0.1) is 5.41 Å². The van der Waals surface area contributed by atoms with Gasteiger partial charge in [0.25, 0.3) is 0 Å². The highest BCUT2D eigenvalue weighted by Crippen LogP contribution is 2.37. The monoisotopic (exact) mass is 684 g/mol. The summed E-state index contributed by atoms with van der Waals surface area (Å²) in [6.45, 7) is 7.36. The molecule has 0 rings (SSSR count). The van der Waals surface area contributed by atoms with Gasteiger partial charge in [0.15, 0.2) is 0 Å². The van der Waals surface area contributed by atoms with Crippen LogP contribution in [0.4, 0.5) is 9.18 Å². The minimum atomic E-state index is -1.02. The summed E-state index contributed by atoms with van der Waals surface area (Å²) in [5, 5.41) is 12.7. The average molecular weight is 684 g/mol. The van der Waals surface area contributed by atoms with Crippen molar-refractivity contribution in [3.8, 4) is 0 Å². The maximum absolute atomic E-state index is 14.4. The maximum Gasteiger partial charge on any atom is 0.407 e. The quantitative estimate of drug-likeness (QED) is 0.0635. The Balaban J connectivity index is 3.46. The molecule has 0 saturated heterocycles. The van der Waals surface area contributed by atoms with Crippen molar-refractivity contribution in [1.82, 2.24) is 5.32 Å². The lowest BCUT2D eigenvalue weighted by molar-refractivity contribution is -0.151. The van der Waals surface area contributed by atoms with Crippen LogP contribution in [0.3, 0.4) is 0 Å². The van der Waals surface area contributed by atoms with Gasteiger partial charge in [-0.15, -0.1) is 0 Å². The number of alkyl carbamates (subject to hydrolysis) is 1. The number of hydrogen-bond acceptors (Lipinski definition) is 3. The first kappa shape index (κ1) is 46.7. The Hall–Kier alpha value is -1.33. The van der Waals surface area contributed by atoms with Crippen LogP contribution in [0.5, 0.6) is 0 Å². The van der Waals surface area contributed by atoms with Crippen LogP contribution in [0.25, 0.3) is 0 Å². The number of carboxylic acid groups (broad SMARTS) is 1. The van der Waals surface area contributed by atoms with Crippen LogP contribution >= 0.6 is 0 Å². The molecule has 0 radical (unpaired) electrons. The highest BCUT2D eigenvalue weighted by molar-refractivity contribution is 5.74. The summed E-state index contributed by atoms with van der Waals surface area (Å²) in [6, 6.07) is 0. The second-order valence-electron chi connectivity index (χ2n) is 14.9. The Labute approximate surface area is 298 Å². The van der Waals surface area contributed by atoms with E-state index in [-0.39, 0.29) is 12.5 Å². The molecule has 0 spiro atoms. The Morgan fingerprint density at radius 3 is 1.40 bits per heavy atom. The first-order valence-electron chi connectivity index (χ1n) is 21.2. The lowest BCUT2D eigenvalue weighted by Gasteiger charge is -2.29. The van der Waals surface area contributed by atoms with E-state index in [0.717, 1.165) is 70.6 Å². The summed E-state index contributed by atoms with van der Waals surface area (Å²) >= 11 is 0. The number of nitrogens with one attached hydrogen (secondary N) is 1.